The van der Waals surface area contributed by atoms with Crippen LogP contribution in [0.3, 0.4) is 0 Å². The van der Waals surface area contributed by atoms with E-state index in [1.54, 1.807) is 24.2 Å². The second-order valence-corrected chi connectivity index (χ2v) is 6.92. The molecular weight excluding hydrogens is 362 g/mol. The monoisotopic (exact) mass is 387 g/mol. The summed E-state index contributed by atoms with van der Waals surface area (Å²) in [6.45, 7) is 2.53. The third-order valence-electron chi connectivity index (χ3n) is 4.75. The van der Waals surface area contributed by atoms with Crippen molar-refractivity contribution in [2.75, 3.05) is 0 Å². The Labute approximate surface area is 171 Å². The highest BCUT2D eigenvalue weighted by molar-refractivity contribution is 5.88. The Morgan fingerprint density at radius 3 is 2.14 bits per heavy atom. The predicted octanol–water partition coefficient (Wildman–Crippen LogP) is 3.36. The summed E-state index contributed by atoms with van der Waals surface area (Å²) in [5.74, 6) is -0.268. The van der Waals surface area contributed by atoms with Gasteiger partial charge in [0.25, 0.3) is 0 Å². The lowest BCUT2D eigenvalue weighted by Gasteiger charge is -2.29. The SMILES string of the molecule is CC(C(=O)NCc1cccnc1)N(Cc1ccccc1)C(=O)Cc1ccccc1. The molecule has 0 aliphatic heterocycles. The summed E-state index contributed by atoms with van der Waals surface area (Å²) in [6.07, 6.45) is 3.67. The molecule has 5 heteroatoms. The molecular formula is C24H25N3O2. The van der Waals surface area contributed by atoms with Gasteiger partial charge < -0.3 is 10.2 Å². The molecule has 0 spiro atoms. The van der Waals surface area contributed by atoms with Gasteiger partial charge in [-0.2, -0.15) is 0 Å². The molecule has 0 aliphatic carbocycles. The maximum atomic E-state index is 13.1. The summed E-state index contributed by atoms with van der Waals surface area (Å²) in [5, 5.41) is 2.91. The van der Waals surface area contributed by atoms with Crippen molar-refractivity contribution in [3.05, 3.63) is 102 Å². The minimum Gasteiger partial charge on any atom is -0.350 e. The van der Waals surface area contributed by atoms with Gasteiger partial charge in [-0.15, -0.1) is 0 Å². The molecule has 0 aliphatic rings. The number of hydrogen-bond acceptors (Lipinski definition) is 3. The van der Waals surface area contributed by atoms with Gasteiger partial charge in [0.05, 0.1) is 6.42 Å². The van der Waals surface area contributed by atoms with E-state index in [4.69, 9.17) is 0 Å². The molecule has 0 fully saturated rings. The first-order valence-electron chi connectivity index (χ1n) is 9.67. The van der Waals surface area contributed by atoms with E-state index < -0.39 is 6.04 Å². The molecule has 1 unspecified atom stereocenters. The smallest absolute Gasteiger partial charge is 0.242 e. The minimum absolute atomic E-state index is 0.0796. The zero-order valence-corrected chi connectivity index (χ0v) is 16.5. The first kappa shape index (κ1) is 20.3. The van der Waals surface area contributed by atoms with E-state index in [-0.39, 0.29) is 18.2 Å². The van der Waals surface area contributed by atoms with E-state index in [1.165, 1.54) is 0 Å². The van der Waals surface area contributed by atoms with Crippen molar-refractivity contribution in [2.24, 2.45) is 0 Å². The van der Waals surface area contributed by atoms with Gasteiger partial charge in [0.1, 0.15) is 6.04 Å². The molecule has 29 heavy (non-hydrogen) atoms. The molecule has 1 heterocycles. The average molecular weight is 387 g/mol. The van der Waals surface area contributed by atoms with Crippen molar-refractivity contribution in [3.8, 4) is 0 Å². The van der Waals surface area contributed by atoms with Crippen molar-refractivity contribution in [2.45, 2.75) is 32.5 Å². The third-order valence-corrected chi connectivity index (χ3v) is 4.75. The molecule has 1 N–H and O–H groups in total. The molecule has 5 nitrogen and oxygen atoms in total. The maximum absolute atomic E-state index is 13.1. The zero-order valence-electron chi connectivity index (χ0n) is 16.5. The van der Waals surface area contributed by atoms with E-state index in [2.05, 4.69) is 10.3 Å². The van der Waals surface area contributed by atoms with Gasteiger partial charge in [0, 0.05) is 25.5 Å². The fraction of sp³-hybridized carbons (Fsp3) is 0.208. The first-order valence-corrected chi connectivity index (χ1v) is 9.67. The zero-order chi connectivity index (χ0) is 20.5. The van der Waals surface area contributed by atoms with Crippen molar-refractivity contribution in [1.29, 1.82) is 0 Å². The normalized spacial score (nSPS) is 11.5. The lowest BCUT2D eigenvalue weighted by molar-refractivity contribution is -0.140. The Kier molecular flexibility index (Phi) is 7.11. The van der Waals surface area contributed by atoms with Crippen LogP contribution in [-0.4, -0.2) is 27.7 Å². The van der Waals surface area contributed by atoms with Crippen molar-refractivity contribution in [1.82, 2.24) is 15.2 Å². The summed E-state index contributed by atoms with van der Waals surface area (Å²) >= 11 is 0. The number of nitrogens with zero attached hydrogens (tertiary/aromatic N) is 2. The van der Waals surface area contributed by atoms with E-state index in [1.807, 2.05) is 72.8 Å². The molecule has 148 valence electrons. The lowest BCUT2D eigenvalue weighted by Crippen LogP contribution is -2.48. The van der Waals surface area contributed by atoms with Gasteiger partial charge in [0.2, 0.25) is 11.8 Å². The molecule has 0 saturated carbocycles. The fourth-order valence-electron chi connectivity index (χ4n) is 3.07. The second kappa shape index (κ2) is 10.2. The second-order valence-electron chi connectivity index (χ2n) is 6.92. The number of carbonyl (C=O) groups excluding carboxylic acids is 2. The van der Waals surface area contributed by atoms with Gasteiger partial charge >= 0.3 is 0 Å². The van der Waals surface area contributed by atoms with E-state index in [0.717, 1.165) is 16.7 Å². The molecule has 2 amide bonds. The summed E-state index contributed by atoms with van der Waals surface area (Å²) in [7, 11) is 0. The number of nitrogens with one attached hydrogen (secondary N) is 1. The predicted molar refractivity (Wildman–Crippen MR) is 113 cm³/mol. The van der Waals surface area contributed by atoms with Crippen LogP contribution in [0.1, 0.15) is 23.6 Å². The molecule has 1 aromatic heterocycles. The van der Waals surface area contributed by atoms with Gasteiger partial charge in [-0.1, -0.05) is 66.7 Å². The molecule has 3 aromatic rings. The fourth-order valence-corrected chi connectivity index (χ4v) is 3.07. The van der Waals surface area contributed by atoms with Crippen LogP contribution in [0.5, 0.6) is 0 Å². The highest BCUT2D eigenvalue weighted by Crippen LogP contribution is 2.12. The largest absolute Gasteiger partial charge is 0.350 e. The Balaban J connectivity index is 1.71. The standard InChI is InChI=1S/C24H25N3O2/c1-19(24(29)26-17-22-13-8-14-25-16-22)27(18-21-11-6-3-7-12-21)23(28)15-20-9-4-2-5-10-20/h2-14,16,19H,15,17-18H2,1H3,(H,26,29). The molecule has 2 aromatic carbocycles. The van der Waals surface area contributed by atoms with Crippen LogP contribution in [-0.2, 0) is 29.1 Å². The Morgan fingerprint density at radius 2 is 1.52 bits per heavy atom. The number of aromatic nitrogens is 1. The van der Waals surface area contributed by atoms with Crippen LogP contribution in [0.4, 0.5) is 0 Å². The van der Waals surface area contributed by atoms with Crippen molar-refractivity contribution >= 4 is 11.8 Å². The topological polar surface area (TPSA) is 62.3 Å². The van der Waals surface area contributed by atoms with Gasteiger partial charge in [-0.3, -0.25) is 14.6 Å². The molecule has 0 radical (unpaired) electrons. The number of carbonyl (C=O) groups is 2. The molecule has 0 saturated heterocycles. The van der Waals surface area contributed by atoms with Gasteiger partial charge in [0.15, 0.2) is 0 Å². The number of hydrogen-bond donors (Lipinski definition) is 1. The number of amides is 2. The van der Waals surface area contributed by atoms with Crippen LogP contribution in [0.25, 0.3) is 0 Å². The van der Waals surface area contributed by atoms with Crippen molar-refractivity contribution in [3.63, 3.8) is 0 Å². The number of benzene rings is 2. The van der Waals surface area contributed by atoms with E-state index in [9.17, 15) is 9.59 Å². The van der Waals surface area contributed by atoms with Gasteiger partial charge in [-0.25, -0.2) is 0 Å². The quantitative estimate of drug-likeness (QED) is 0.645. The summed E-state index contributed by atoms with van der Waals surface area (Å²) in [5.41, 5.74) is 2.83. The van der Waals surface area contributed by atoms with Crippen LogP contribution < -0.4 is 5.32 Å². The average Bonchev–Trinajstić information content (AvgIpc) is 2.77. The van der Waals surface area contributed by atoms with Crippen LogP contribution in [0.15, 0.2) is 85.2 Å². The Morgan fingerprint density at radius 1 is 0.897 bits per heavy atom. The van der Waals surface area contributed by atoms with Crippen LogP contribution in [0, 0.1) is 0 Å². The number of rotatable bonds is 8. The third kappa shape index (κ3) is 6.01. The highest BCUT2D eigenvalue weighted by Gasteiger charge is 2.26. The van der Waals surface area contributed by atoms with Gasteiger partial charge in [-0.05, 0) is 29.7 Å². The maximum Gasteiger partial charge on any atom is 0.242 e. The molecule has 1 atom stereocenters. The summed E-state index contributed by atoms with van der Waals surface area (Å²) < 4.78 is 0. The Hall–Kier alpha value is -3.47. The number of pyridine rings is 1. The summed E-state index contributed by atoms with van der Waals surface area (Å²) in [4.78, 5) is 31.6. The Bertz CT molecular complexity index is 915. The molecule has 0 bridgehead atoms. The summed E-state index contributed by atoms with van der Waals surface area (Å²) in [6, 6.07) is 22.4. The van der Waals surface area contributed by atoms with E-state index >= 15 is 0 Å². The highest BCUT2D eigenvalue weighted by atomic mass is 16.2. The minimum atomic E-state index is -0.594. The van der Waals surface area contributed by atoms with Crippen molar-refractivity contribution < 1.29 is 9.59 Å². The van der Waals surface area contributed by atoms with Crippen LogP contribution >= 0.6 is 0 Å². The van der Waals surface area contributed by atoms with Crippen LogP contribution in [0.2, 0.25) is 0 Å². The molecule has 3 rings (SSSR count). The van der Waals surface area contributed by atoms with E-state index in [0.29, 0.717) is 13.1 Å². The first-order chi connectivity index (χ1) is 14.1. The lowest BCUT2D eigenvalue weighted by atomic mass is 10.1.